The highest BCUT2D eigenvalue weighted by atomic mass is 16.4. The maximum atomic E-state index is 10.7. The van der Waals surface area contributed by atoms with Gasteiger partial charge in [-0.05, 0) is 12.1 Å². The van der Waals surface area contributed by atoms with Crippen LogP contribution in [0.25, 0.3) is 0 Å². The molecular formula is C13H18N3O2-. The number of aliphatic carboxylic acids is 1. The summed E-state index contributed by atoms with van der Waals surface area (Å²) >= 11 is 0. The Morgan fingerprint density at radius 3 is 2.67 bits per heavy atom. The van der Waals surface area contributed by atoms with Gasteiger partial charge in [0.05, 0.1) is 0 Å². The summed E-state index contributed by atoms with van der Waals surface area (Å²) < 4.78 is 0. The van der Waals surface area contributed by atoms with E-state index in [2.05, 4.69) is 14.8 Å². The molecule has 2 rings (SSSR count). The predicted molar refractivity (Wildman–Crippen MR) is 67.1 cm³/mol. The Morgan fingerprint density at radius 2 is 2.11 bits per heavy atom. The fourth-order valence-electron chi connectivity index (χ4n) is 2.16. The molecular weight excluding hydrogens is 230 g/mol. The van der Waals surface area contributed by atoms with Crippen molar-refractivity contribution in [1.82, 2.24) is 9.88 Å². The van der Waals surface area contributed by atoms with E-state index in [1.165, 1.54) is 0 Å². The Kier molecular flexibility index (Phi) is 4.15. The van der Waals surface area contributed by atoms with Crippen molar-refractivity contribution in [1.29, 1.82) is 0 Å². The average Bonchev–Trinajstić information content (AvgIpc) is 2.40. The third kappa shape index (κ3) is 3.20. The molecule has 1 aromatic rings. The lowest BCUT2D eigenvalue weighted by Gasteiger charge is -2.36. The van der Waals surface area contributed by atoms with Gasteiger partial charge in [-0.25, -0.2) is 4.98 Å². The van der Waals surface area contributed by atoms with Crippen molar-refractivity contribution in [2.45, 2.75) is 6.92 Å². The van der Waals surface area contributed by atoms with E-state index in [9.17, 15) is 9.90 Å². The molecule has 0 unspecified atom stereocenters. The standard InChI is InChI=1S/C13H19N3O2/c1-11(13(17)18)10-15-6-8-16(9-7-15)12-4-2-3-5-14-12/h2-5,11H,6-10H2,1H3,(H,17,18)/p-1/t11-/m1/s1. The molecule has 1 fully saturated rings. The van der Waals surface area contributed by atoms with Crippen molar-refractivity contribution in [2.24, 2.45) is 5.92 Å². The second kappa shape index (κ2) is 5.82. The van der Waals surface area contributed by atoms with Crippen LogP contribution in [0.15, 0.2) is 24.4 Å². The topological polar surface area (TPSA) is 59.5 Å². The summed E-state index contributed by atoms with van der Waals surface area (Å²) in [6.07, 6.45) is 1.79. The molecule has 0 aliphatic carbocycles. The summed E-state index contributed by atoms with van der Waals surface area (Å²) in [6.45, 7) is 5.77. The first-order valence-electron chi connectivity index (χ1n) is 6.26. The molecule has 0 spiro atoms. The molecule has 0 aromatic carbocycles. The summed E-state index contributed by atoms with van der Waals surface area (Å²) in [5, 5.41) is 10.7. The zero-order valence-electron chi connectivity index (χ0n) is 10.6. The number of carbonyl (C=O) groups is 1. The minimum atomic E-state index is -0.970. The van der Waals surface area contributed by atoms with Gasteiger partial charge < -0.3 is 14.8 Å². The number of aromatic nitrogens is 1. The van der Waals surface area contributed by atoms with Gasteiger partial charge in [0.2, 0.25) is 0 Å². The van der Waals surface area contributed by atoms with Gasteiger partial charge in [0, 0.05) is 50.8 Å². The molecule has 5 nitrogen and oxygen atoms in total. The molecule has 1 aromatic heterocycles. The number of carboxylic acid groups (broad SMARTS) is 1. The lowest BCUT2D eigenvalue weighted by atomic mass is 10.1. The highest BCUT2D eigenvalue weighted by Crippen LogP contribution is 2.13. The van der Waals surface area contributed by atoms with E-state index in [0.29, 0.717) is 6.54 Å². The number of hydrogen-bond donors (Lipinski definition) is 0. The molecule has 1 atom stereocenters. The van der Waals surface area contributed by atoms with E-state index in [4.69, 9.17) is 0 Å². The molecule has 0 N–H and O–H groups in total. The number of carboxylic acids is 1. The van der Waals surface area contributed by atoms with Crippen LogP contribution in [0.4, 0.5) is 5.82 Å². The molecule has 1 aliphatic heterocycles. The van der Waals surface area contributed by atoms with Crippen LogP contribution in [0.2, 0.25) is 0 Å². The normalized spacial score (nSPS) is 18.6. The third-order valence-electron chi connectivity index (χ3n) is 3.28. The van der Waals surface area contributed by atoms with Crippen molar-refractivity contribution < 1.29 is 9.90 Å². The zero-order valence-corrected chi connectivity index (χ0v) is 10.6. The monoisotopic (exact) mass is 248 g/mol. The molecule has 18 heavy (non-hydrogen) atoms. The number of hydrogen-bond acceptors (Lipinski definition) is 5. The Hall–Kier alpha value is -1.62. The van der Waals surface area contributed by atoms with Gasteiger partial charge in [-0.3, -0.25) is 4.90 Å². The summed E-state index contributed by atoms with van der Waals surface area (Å²) in [5.74, 6) is -0.390. The van der Waals surface area contributed by atoms with Crippen LogP contribution in [0.5, 0.6) is 0 Å². The fourth-order valence-corrected chi connectivity index (χ4v) is 2.16. The second-order valence-corrected chi connectivity index (χ2v) is 4.70. The first-order chi connectivity index (χ1) is 8.66. The number of pyridine rings is 1. The maximum Gasteiger partial charge on any atom is 0.128 e. The van der Waals surface area contributed by atoms with E-state index in [0.717, 1.165) is 32.0 Å². The van der Waals surface area contributed by atoms with Crippen LogP contribution in [0.3, 0.4) is 0 Å². The van der Waals surface area contributed by atoms with Crippen LogP contribution in [0.1, 0.15) is 6.92 Å². The maximum absolute atomic E-state index is 10.7. The van der Waals surface area contributed by atoms with Crippen LogP contribution in [-0.2, 0) is 4.79 Å². The quantitative estimate of drug-likeness (QED) is 0.725. The first kappa shape index (κ1) is 12.8. The molecule has 98 valence electrons. The Morgan fingerprint density at radius 1 is 1.39 bits per heavy atom. The number of carbonyl (C=O) groups excluding carboxylic acids is 1. The molecule has 5 heteroatoms. The number of piperazine rings is 1. The summed E-state index contributed by atoms with van der Waals surface area (Å²) in [4.78, 5) is 19.4. The molecule has 2 heterocycles. The van der Waals surface area contributed by atoms with Crippen molar-refractivity contribution in [3.05, 3.63) is 24.4 Å². The lowest BCUT2D eigenvalue weighted by Crippen LogP contribution is -2.49. The molecule has 1 aliphatic rings. The Bertz CT molecular complexity index is 388. The second-order valence-electron chi connectivity index (χ2n) is 4.70. The first-order valence-corrected chi connectivity index (χ1v) is 6.26. The van der Waals surface area contributed by atoms with Gasteiger partial charge in [-0.15, -0.1) is 0 Å². The number of anilines is 1. The molecule has 0 saturated carbocycles. The fraction of sp³-hybridized carbons (Fsp3) is 0.538. The highest BCUT2D eigenvalue weighted by molar-refractivity contribution is 5.67. The van der Waals surface area contributed by atoms with Gasteiger partial charge in [-0.1, -0.05) is 13.0 Å². The minimum Gasteiger partial charge on any atom is -0.550 e. The van der Waals surface area contributed by atoms with Gasteiger partial charge in [-0.2, -0.15) is 0 Å². The molecule has 0 bridgehead atoms. The summed E-state index contributed by atoms with van der Waals surface area (Å²) in [6, 6.07) is 5.88. The largest absolute Gasteiger partial charge is 0.550 e. The van der Waals surface area contributed by atoms with E-state index in [1.54, 1.807) is 13.1 Å². The van der Waals surface area contributed by atoms with Crippen LogP contribution < -0.4 is 10.0 Å². The predicted octanol–water partition coefficient (Wildman–Crippen LogP) is -0.410. The van der Waals surface area contributed by atoms with Crippen molar-refractivity contribution in [3.8, 4) is 0 Å². The lowest BCUT2D eigenvalue weighted by molar-refractivity contribution is -0.311. The smallest absolute Gasteiger partial charge is 0.128 e. The Labute approximate surface area is 107 Å². The van der Waals surface area contributed by atoms with Crippen LogP contribution in [-0.4, -0.2) is 48.6 Å². The van der Waals surface area contributed by atoms with Crippen LogP contribution >= 0.6 is 0 Å². The molecule has 0 amide bonds. The van der Waals surface area contributed by atoms with Gasteiger partial charge in [0.15, 0.2) is 0 Å². The summed E-state index contributed by atoms with van der Waals surface area (Å²) in [7, 11) is 0. The number of rotatable bonds is 4. The Balaban J connectivity index is 1.83. The minimum absolute atomic E-state index is 0.411. The molecule has 0 radical (unpaired) electrons. The number of nitrogens with zero attached hydrogens (tertiary/aromatic N) is 3. The van der Waals surface area contributed by atoms with E-state index >= 15 is 0 Å². The zero-order chi connectivity index (χ0) is 13.0. The van der Waals surface area contributed by atoms with Crippen molar-refractivity contribution in [2.75, 3.05) is 37.6 Å². The SMILES string of the molecule is C[C@H](CN1CCN(c2ccccn2)CC1)C(=O)[O-]. The van der Waals surface area contributed by atoms with Gasteiger partial charge in [0.1, 0.15) is 5.82 Å². The molecule has 1 saturated heterocycles. The van der Waals surface area contributed by atoms with Gasteiger partial charge >= 0.3 is 0 Å². The highest BCUT2D eigenvalue weighted by Gasteiger charge is 2.19. The van der Waals surface area contributed by atoms with Crippen molar-refractivity contribution in [3.63, 3.8) is 0 Å². The van der Waals surface area contributed by atoms with E-state index in [-0.39, 0.29) is 0 Å². The van der Waals surface area contributed by atoms with E-state index in [1.807, 2.05) is 18.2 Å². The third-order valence-corrected chi connectivity index (χ3v) is 3.28. The van der Waals surface area contributed by atoms with Gasteiger partial charge in [0.25, 0.3) is 0 Å². The average molecular weight is 248 g/mol. The van der Waals surface area contributed by atoms with Crippen molar-refractivity contribution >= 4 is 11.8 Å². The van der Waals surface area contributed by atoms with Crippen LogP contribution in [0, 0.1) is 5.92 Å². The summed E-state index contributed by atoms with van der Waals surface area (Å²) in [5.41, 5.74) is 0. The van der Waals surface area contributed by atoms with E-state index < -0.39 is 11.9 Å².